The Labute approximate surface area is 155 Å². The Morgan fingerprint density at radius 2 is 1.88 bits per heavy atom. The van der Waals surface area contributed by atoms with Crippen molar-refractivity contribution < 1.29 is 9.69 Å². The van der Waals surface area contributed by atoms with E-state index in [1.54, 1.807) is 0 Å². The van der Waals surface area contributed by atoms with Gasteiger partial charge < -0.3 is 9.80 Å². The van der Waals surface area contributed by atoms with Crippen LogP contribution in [-0.2, 0) is 17.9 Å². The summed E-state index contributed by atoms with van der Waals surface area (Å²) >= 11 is 6.29. The Morgan fingerprint density at radius 3 is 2.64 bits per heavy atom. The zero-order valence-corrected chi connectivity index (χ0v) is 15.5. The van der Waals surface area contributed by atoms with Gasteiger partial charge in [-0.15, -0.1) is 0 Å². The van der Waals surface area contributed by atoms with Crippen LogP contribution in [0.15, 0.2) is 54.6 Å². The van der Waals surface area contributed by atoms with Crippen molar-refractivity contribution in [3.05, 3.63) is 70.7 Å². The van der Waals surface area contributed by atoms with Gasteiger partial charge in [0.2, 0.25) is 5.91 Å². The molecule has 0 bridgehead atoms. The van der Waals surface area contributed by atoms with Crippen LogP contribution in [0, 0.1) is 5.92 Å². The number of amides is 1. The van der Waals surface area contributed by atoms with Crippen molar-refractivity contribution in [2.45, 2.75) is 25.9 Å². The van der Waals surface area contributed by atoms with Crippen LogP contribution in [0.5, 0.6) is 0 Å². The minimum Gasteiger partial charge on any atom is -0.341 e. The van der Waals surface area contributed by atoms with Gasteiger partial charge in [0.05, 0.1) is 19.0 Å². The predicted octanol–water partition coefficient (Wildman–Crippen LogP) is 2.79. The van der Waals surface area contributed by atoms with Gasteiger partial charge in [-0.3, -0.25) is 4.79 Å². The number of rotatable bonds is 5. The van der Waals surface area contributed by atoms with Crippen LogP contribution in [0.3, 0.4) is 0 Å². The van der Waals surface area contributed by atoms with E-state index in [1.165, 1.54) is 16.0 Å². The third-order valence-corrected chi connectivity index (χ3v) is 5.37. The molecule has 0 spiro atoms. The van der Waals surface area contributed by atoms with Crippen molar-refractivity contribution in [3.63, 3.8) is 0 Å². The van der Waals surface area contributed by atoms with E-state index in [4.69, 9.17) is 11.6 Å². The van der Waals surface area contributed by atoms with Crippen molar-refractivity contribution in [2.24, 2.45) is 5.92 Å². The molecule has 0 aliphatic carbocycles. The van der Waals surface area contributed by atoms with Gasteiger partial charge in [0.1, 0.15) is 6.54 Å². The summed E-state index contributed by atoms with van der Waals surface area (Å²) in [5.41, 5.74) is 2.35. The van der Waals surface area contributed by atoms with Gasteiger partial charge in [-0.2, -0.15) is 0 Å². The summed E-state index contributed by atoms with van der Waals surface area (Å²) in [6.45, 7) is 3.57. The number of quaternary nitrogens is 1. The van der Waals surface area contributed by atoms with Crippen LogP contribution < -0.4 is 4.90 Å². The second kappa shape index (κ2) is 8.50. The van der Waals surface area contributed by atoms with Gasteiger partial charge in [-0.25, -0.2) is 0 Å². The maximum atomic E-state index is 12.9. The molecule has 1 fully saturated rings. The lowest BCUT2D eigenvalue weighted by Crippen LogP contribution is -3.12. The van der Waals surface area contributed by atoms with Gasteiger partial charge in [-0.05, 0) is 24.5 Å². The van der Waals surface area contributed by atoms with E-state index < -0.39 is 0 Å². The first kappa shape index (κ1) is 18.0. The van der Waals surface area contributed by atoms with Crippen molar-refractivity contribution in [1.82, 2.24) is 4.90 Å². The van der Waals surface area contributed by atoms with E-state index in [0.717, 1.165) is 37.5 Å². The number of piperidine rings is 1. The molecule has 1 saturated heterocycles. The standard InChI is InChI=1S/C21H25ClN2O/c1-23(14-17-8-3-2-4-9-17)21(25)19-11-7-13-24(16-19)15-18-10-5-6-12-20(18)22/h2-6,8-10,12,19H,7,11,13-16H2,1H3/p+1/t19-/m0/s1. The number of benzene rings is 2. The fraction of sp³-hybridized carbons (Fsp3) is 0.381. The first-order valence-electron chi connectivity index (χ1n) is 8.99. The van der Waals surface area contributed by atoms with E-state index in [9.17, 15) is 4.79 Å². The molecule has 1 heterocycles. The summed E-state index contributed by atoms with van der Waals surface area (Å²) in [6, 6.07) is 18.2. The first-order valence-corrected chi connectivity index (χ1v) is 9.37. The molecule has 1 amide bonds. The van der Waals surface area contributed by atoms with Gasteiger partial charge in [0.25, 0.3) is 0 Å². The number of halogens is 1. The minimum absolute atomic E-state index is 0.111. The third-order valence-electron chi connectivity index (χ3n) is 5.00. The molecule has 0 saturated carbocycles. The van der Waals surface area contributed by atoms with E-state index in [2.05, 4.69) is 18.2 Å². The maximum absolute atomic E-state index is 12.9. The normalized spacial score (nSPS) is 20.2. The molecule has 0 radical (unpaired) electrons. The highest BCUT2D eigenvalue weighted by molar-refractivity contribution is 6.31. The number of carbonyl (C=O) groups is 1. The Bertz CT molecular complexity index is 704. The summed E-state index contributed by atoms with van der Waals surface area (Å²) in [4.78, 5) is 16.2. The summed E-state index contributed by atoms with van der Waals surface area (Å²) in [5.74, 6) is 0.375. The van der Waals surface area contributed by atoms with Crippen LogP contribution in [0.25, 0.3) is 0 Å². The van der Waals surface area contributed by atoms with Crippen LogP contribution in [0.4, 0.5) is 0 Å². The average molecular weight is 358 g/mol. The van der Waals surface area contributed by atoms with Crippen molar-refractivity contribution >= 4 is 17.5 Å². The largest absolute Gasteiger partial charge is 0.341 e. The van der Waals surface area contributed by atoms with E-state index in [0.29, 0.717) is 6.54 Å². The number of hydrogen-bond acceptors (Lipinski definition) is 1. The fourth-order valence-electron chi connectivity index (χ4n) is 3.68. The molecular weight excluding hydrogens is 332 g/mol. The zero-order chi connectivity index (χ0) is 17.6. The summed E-state index contributed by atoms with van der Waals surface area (Å²) in [7, 11) is 1.91. The molecule has 1 unspecified atom stereocenters. The molecule has 3 rings (SSSR count). The van der Waals surface area contributed by atoms with Crippen LogP contribution in [-0.4, -0.2) is 30.9 Å². The molecule has 1 N–H and O–H groups in total. The molecule has 2 aromatic rings. The molecular formula is C21H26ClN2O+. The number of nitrogens with one attached hydrogen (secondary N) is 1. The van der Waals surface area contributed by atoms with Gasteiger partial charge >= 0.3 is 0 Å². The predicted molar refractivity (Wildman–Crippen MR) is 101 cm³/mol. The lowest BCUT2D eigenvalue weighted by Gasteiger charge is -2.31. The summed E-state index contributed by atoms with van der Waals surface area (Å²) < 4.78 is 0. The number of nitrogens with zero attached hydrogens (tertiary/aromatic N) is 1. The lowest BCUT2D eigenvalue weighted by atomic mass is 9.96. The molecule has 2 atom stereocenters. The Balaban J connectivity index is 1.58. The highest BCUT2D eigenvalue weighted by atomic mass is 35.5. The first-order chi connectivity index (χ1) is 12.1. The van der Waals surface area contributed by atoms with Crippen LogP contribution in [0.2, 0.25) is 5.02 Å². The number of carbonyl (C=O) groups excluding carboxylic acids is 1. The summed E-state index contributed by atoms with van der Waals surface area (Å²) in [5, 5.41) is 0.824. The highest BCUT2D eigenvalue weighted by Gasteiger charge is 2.30. The molecule has 3 nitrogen and oxygen atoms in total. The van der Waals surface area contributed by atoms with Crippen LogP contribution in [0.1, 0.15) is 24.0 Å². The van der Waals surface area contributed by atoms with Gasteiger partial charge in [0.15, 0.2) is 0 Å². The second-order valence-corrected chi connectivity index (χ2v) is 7.40. The number of likely N-dealkylation sites (tertiary alicyclic amines) is 1. The zero-order valence-electron chi connectivity index (χ0n) is 14.7. The molecule has 1 aliphatic rings. The van der Waals surface area contributed by atoms with Crippen LogP contribution >= 0.6 is 11.6 Å². The molecule has 25 heavy (non-hydrogen) atoms. The Morgan fingerprint density at radius 1 is 1.16 bits per heavy atom. The highest BCUT2D eigenvalue weighted by Crippen LogP contribution is 2.16. The van der Waals surface area contributed by atoms with Crippen molar-refractivity contribution in [3.8, 4) is 0 Å². The molecule has 0 aromatic heterocycles. The molecule has 4 heteroatoms. The van der Waals surface area contributed by atoms with Gasteiger partial charge in [-0.1, -0.05) is 60.1 Å². The molecule has 1 aliphatic heterocycles. The van der Waals surface area contributed by atoms with Gasteiger partial charge in [0, 0.05) is 24.2 Å². The topological polar surface area (TPSA) is 24.8 Å². The molecule has 2 aromatic carbocycles. The third kappa shape index (κ3) is 4.83. The SMILES string of the molecule is CN(Cc1ccccc1)C(=O)[C@H]1CCC[NH+](Cc2ccccc2Cl)C1. The van der Waals surface area contributed by atoms with E-state index in [1.807, 2.05) is 48.3 Å². The minimum atomic E-state index is 0.111. The lowest BCUT2D eigenvalue weighted by molar-refractivity contribution is -0.921. The summed E-state index contributed by atoms with van der Waals surface area (Å²) in [6.07, 6.45) is 2.08. The maximum Gasteiger partial charge on any atom is 0.231 e. The monoisotopic (exact) mass is 357 g/mol. The van der Waals surface area contributed by atoms with E-state index >= 15 is 0 Å². The van der Waals surface area contributed by atoms with Crippen molar-refractivity contribution in [2.75, 3.05) is 20.1 Å². The quantitative estimate of drug-likeness (QED) is 0.874. The second-order valence-electron chi connectivity index (χ2n) is 6.99. The fourth-order valence-corrected chi connectivity index (χ4v) is 3.88. The Kier molecular flexibility index (Phi) is 6.11. The van der Waals surface area contributed by atoms with E-state index in [-0.39, 0.29) is 11.8 Å². The average Bonchev–Trinajstić information content (AvgIpc) is 2.64. The van der Waals surface area contributed by atoms with Crippen molar-refractivity contribution in [1.29, 1.82) is 0 Å². The number of hydrogen-bond donors (Lipinski definition) is 1. The Hall–Kier alpha value is -1.84. The smallest absolute Gasteiger partial charge is 0.231 e. The molecule has 132 valence electrons.